The van der Waals surface area contributed by atoms with Gasteiger partial charge in [0.1, 0.15) is 23.7 Å². The van der Waals surface area contributed by atoms with Crippen molar-refractivity contribution < 1.29 is 4.79 Å². The standard InChI is InChI=1S/C19H25N7O/c1-23-6-8-25(9-7-23)18-14-16(21-15-22-18)19(27)26-12-10-24(11-13-26)17-4-2-3-5-20-17/h2-5,14-15H,6-13H2,1H3. The molecule has 2 aromatic rings. The first-order chi connectivity index (χ1) is 13.2. The van der Waals surface area contributed by atoms with Crippen molar-refractivity contribution in [2.24, 2.45) is 0 Å². The summed E-state index contributed by atoms with van der Waals surface area (Å²) in [5.41, 5.74) is 0.477. The molecule has 8 heteroatoms. The molecule has 4 rings (SSSR count). The molecule has 0 N–H and O–H groups in total. The predicted molar refractivity (Wildman–Crippen MR) is 104 cm³/mol. The zero-order valence-corrected chi connectivity index (χ0v) is 15.7. The molecule has 2 aliphatic rings. The van der Waals surface area contributed by atoms with Crippen molar-refractivity contribution >= 4 is 17.5 Å². The molecule has 0 aliphatic carbocycles. The van der Waals surface area contributed by atoms with Crippen molar-refractivity contribution in [3.8, 4) is 0 Å². The van der Waals surface area contributed by atoms with Gasteiger partial charge in [-0.1, -0.05) is 6.07 Å². The maximum atomic E-state index is 12.9. The third kappa shape index (κ3) is 4.00. The van der Waals surface area contributed by atoms with Gasteiger partial charge in [-0.3, -0.25) is 4.79 Å². The predicted octanol–water partition coefficient (Wildman–Crippen LogP) is 0.586. The van der Waals surface area contributed by atoms with Gasteiger partial charge in [0.25, 0.3) is 5.91 Å². The molecule has 2 saturated heterocycles. The summed E-state index contributed by atoms with van der Waals surface area (Å²) >= 11 is 0. The second-order valence-corrected chi connectivity index (χ2v) is 7.02. The molecule has 142 valence electrons. The monoisotopic (exact) mass is 367 g/mol. The Balaban J connectivity index is 1.39. The Labute approximate surface area is 159 Å². The number of hydrogen-bond acceptors (Lipinski definition) is 7. The van der Waals surface area contributed by atoms with Crippen LogP contribution in [0, 0.1) is 0 Å². The van der Waals surface area contributed by atoms with Gasteiger partial charge >= 0.3 is 0 Å². The van der Waals surface area contributed by atoms with Crippen LogP contribution in [0.3, 0.4) is 0 Å². The maximum Gasteiger partial charge on any atom is 0.272 e. The summed E-state index contributed by atoms with van der Waals surface area (Å²) < 4.78 is 0. The molecule has 0 bridgehead atoms. The normalized spacial score (nSPS) is 18.6. The van der Waals surface area contributed by atoms with Crippen LogP contribution in [-0.4, -0.2) is 90.1 Å². The van der Waals surface area contributed by atoms with Crippen LogP contribution >= 0.6 is 0 Å². The quantitative estimate of drug-likeness (QED) is 0.786. The molecule has 0 aromatic carbocycles. The summed E-state index contributed by atoms with van der Waals surface area (Å²) in [7, 11) is 2.12. The van der Waals surface area contributed by atoms with E-state index in [1.165, 1.54) is 6.33 Å². The first kappa shape index (κ1) is 17.7. The second-order valence-electron chi connectivity index (χ2n) is 7.02. The number of likely N-dealkylation sites (N-methyl/N-ethyl adjacent to an activating group) is 1. The Bertz CT molecular complexity index is 769. The number of nitrogens with zero attached hydrogens (tertiary/aromatic N) is 7. The molecule has 0 unspecified atom stereocenters. The highest BCUT2D eigenvalue weighted by Crippen LogP contribution is 2.17. The molecule has 8 nitrogen and oxygen atoms in total. The molecule has 0 saturated carbocycles. The average molecular weight is 367 g/mol. The number of amides is 1. The average Bonchev–Trinajstić information content (AvgIpc) is 2.75. The third-order valence-electron chi connectivity index (χ3n) is 5.24. The van der Waals surface area contributed by atoms with Gasteiger partial charge in [0.05, 0.1) is 0 Å². The van der Waals surface area contributed by atoms with Crippen molar-refractivity contribution in [3.05, 3.63) is 42.5 Å². The Kier molecular flexibility index (Phi) is 5.15. The van der Waals surface area contributed by atoms with E-state index in [0.717, 1.165) is 50.9 Å². The number of aromatic nitrogens is 3. The van der Waals surface area contributed by atoms with Crippen LogP contribution in [0.2, 0.25) is 0 Å². The first-order valence-corrected chi connectivity index (χ1v) is 9.41. The van der Waals surface area contributed by atoms with Crippen LogP contribution in [-0.2, 0) is 0 Å². The molecule has 1 amide bonds. The van der Waals surface area contributed by atoms with Crippen molar-refractivity contribution in [3.63, 3.8) is 0 Å². The SMILES string of the molecule is CN1CCN(c2cc(C(=O)N3CCN(c4ccccn4)CC3)ncn2)CC1. The van der Waals surface area contributed by atoms with E-state index in [4.69, 9.17) is 0 Å². The van der Waals surface area contributed by atoms with E-state index in [1.807, 2.05) is 29.2 Å². The van der Waals surface area contributed by atoms with E-state index in [9.17, 15) is 4.79 Å². The van der Waals surface area contributed by atoms with E-state index < -0.39 is 0 Å². The Morgan fingerprint density at radius 2 is 1.56 bits per heavy atom. The molecule has 0 spiro atoms. The molecule has 0 radical (unpaired) electrons. The lowest BCUT2D eigenvalue weighted by Gasteiger charge is -2.35. The van der Waals surface area contributed by atoms with Crippen molar-refractivity contribution in [1.82, 2.24) is 24.8 Å². The zero-order valence-electron chi connectivity index (χ0n) is 15.7. The number of hydrogen-bond donors (Lipinski definition) is 0. The molecule has 0 atom stereocenters. The lowest BCUT2D eigenvalue weighted by Crippen LogP contribution is -2.49. The second kappa shape index (κ2) is 7.87. The Morgan fingerprint density at radius 3 is 2.26 bits per heavy atom. The van der Waals surface area contributed by atoms with E-state index in [1.54, 1.807) is 6.20 Å². The van der Waals surface area contributed by atoms with E-state index in [2.05, 4.69) is 36.7 Å². The molecule has 4 heterocycles. The van der Waals surface area contributed by atoms with Gasteiger partial charge in [-0.15, -0.1) is 0 Å². The molecular weight excluding hydrogens is 342 g/mol. The summed E-state index contributed by atoms with van der Waals surface area (Å²) in [4.78, 5) is 34.5. The number of anilines is 2. The molecule has 2 fully saturated rings. The lowest BCUT2D eigenvalue weighted by molar-refractivity contribution is 0.0740. The highest BCUT2D eigenvalue weighted by Gasteiger charge is 2.24. The summed E-state index contributed by atoms with van der Waals surface area (Å²) in [5.74, 6) is 1.78. The molecule has 2 aliphatic heterocycles. The fourth-order valence-corrected chi connectivity index (χ4v) is 3.51. The van der Waals surface area contributed by atoms with Crippen LogP contribution in [0.4, 0.5) is 11.6 Å². The van der Waals surface area contributed by atoms with Crippen LogP contribution in [0.15, 0.2) is 36.8 Å². The summed E-state index contributed by atoms with van der Waals surface area (Å²) in [6.45, 7) is 6.74. The third-order valence-corrected chi connectivity index (χ3v) is 5.24. The summed E-state index contributed by atoms with van der Waals surface area (Å²) in [5, 5.41) is 0. The maximum absolute atomic E-state index is 12.9. The topological polar surface area (TPSA) is 68.7 Å². The van der Waals surface area contributed by atoms with E-state index in [-0.39, 0.29) is 5.91 Å². The Hall–Kier alpha value is -2.74. The number of carbonyl (C=O) groups excluding carboxylic acids is 1. The van der Waals surface area contributed by atoms with Crippen molar-refractivity contribution in [2.45, 2.75) is 0 Å². The fraction of sp³-hybridized carbons (Fsp3) is 0.474. The van der Waals surface area contributed by atoms with Gasteiger partial charge in [-0.05, 0) is 19.2 Å². The van der Waals surface area contributed by atoms with Crippen LogP contribution in [0.25, 0.3) is 0 Å². The highest BCUT2D eigenvalue weighted by atomic mass is 16.2. The minimum atomic E-state index is -0.0200. The van der Waals surface area contributed by atoms with Crippen LogP contribution < -0.4 is 9.80 Å². The number of carbonyl (C=O) groups is 1. The van der Waals surface area contributed by atoms with Crippen LogP contribution in [0.1, 0.15) is 10.5 Å². The van der Waals surface area contributed by atoms with Gasteiger partial charge < -0.3 is 19.6 Å². The number of piperazine rings is 2. The minimum absolute atomic E-state index is 0.0200. The highest BCUT2D eigenvalue weighted by molar-refractivity contribution is 5.93. The van der Waals surface area contributed by atoms with E-state index in [0.29, 0.717) is 18.8 Å². The molecule has 27 heavy (non-hydrogen) atoms. The van der Waals surface area contributed by atoms with Gasteiger partial charge in [0.15, 0.2) is 0 Å². The zero-order chi connectivity index (χ0) is 18.6. The minimum Gasteiger partial charge on any atom is -0.354 e. The summed E-state index contributed by atoms with van der Waals surface area (Å²) in [6.07, 6.45) is 3.30. The van der Waals surface area contributed by atoms with Gasteiger partial charge in [0.2, 0.25) is 0 Å². The van der Waals surface area contributed by atoms with Gasteiger partial charge in [-0.2, -0.15) is 0 Å². The smallest absolute Gasteiger partial charge is 0.272 e. The largest absolute Gasteiger partial charge is 0.354 e. The molecular formula is C19H25N7O. The van der Waals surface area contributed by atoms with Crippen molar-refractivity contribution in [2.75, 3.05) is 69.2 Å². The van der Waals surface area contributed by atoms with Gasteiger partial charge in [0, 0.05) is 64.6 Å². The van der Waals surface area contributed by atoms with Gasteiger partial charge in [-0.25, -0.2) is 15.0 Å². The number of pyridine rings is 1. The summed E-state index contributed by atoms with van der Waals surface area (Å²) in [6, 6.07) is 7.74. The Morgan fingerprint density at radius 1 is 0.852 bits per heavy atom. The molecule has 2 aromatic heterocycles. The van der Waals surface area contributed by atoms with Crippen molar-refractivity contribution in [1.29, 1.82) is 0 Å². The van der Waals surface area contributed by atoms with E-state index >= 15 is 0 Å². The lowest BCUT2D eigenvalue weighted by atomic mass is 10.2. The first-order valence-electron chi connectivity index (χ1n) is 9.41. The number of rotatable bonds is 3. The fourth-order valence-electron chi connectivity index (χ4n) is 3.51. The van der Waals surface area contributed by atoms with Crippen LogP contribution in [0.5, 0.6) is 0 Å².